The molecular weight excluding hydrogens is 316 g/mol. The van der Waals surface area contributed by atoms with Gasteiger partial charge in [0.25, 0.3) is 0 Å². The molecule has 0 saturated carbocycles. The number of hydrogen-bond acceptors (Lipinski definition) is 6. The van der Waals surface area contributed by atoms with Gasteiger partial charge in [0.05, 0.1) is 19.8 Å². The third kappa shape index (κ3) is 4.04. The lowest BCUT2D eigenvalue weighted by Gasteiger charge is -2.11. The minimum Gasteiger partial charge on any atom is -0.465 e. The van der Waals surface area contributed by atoms with Crippen LogP contribution in [-0.2, 0) is 9.47 Å². The van der Waals surface area contributed by atoms with E-state index < -0.39 is 11.9 Å². The molecule has 0 spiro atoms. The van der Waals surface area contributed by atoms with Gasteiger partial charge in [-0.25, -0.2) is 9.59 Å². The highest BCUT2D eigenvalue weighted by molar-refractivity contribution is 7.98. The van der Waals surface area contributed by atoms with Gasteiger partial charge >= 0.3 is 11.9 Å². The molecule has 0 unspecified atom stereocenters. The van der Waals surface area contributed by atoms with Gasteiger partial charge in [-0.2, -0.15) is 0 Å². The Morgan fingerprint density at radius 3 is 2.13 bits per heavy atom. The molecule has 0 atom stereocenters. The maximum atomic E-state index is 11.9. The average molecular weight is 332 g/mol. The van der Waals surface area contributed by atoms with Crippen molar-refractivity contribution in [2.24, 2.45) is 0 Å². The molecule has 23 heavy (non-hydrogen) atoms. The second-order valence-electron chi connectivity index (χ2n) is 4.47. The van der Waals surface area contributed by atoms with Crippen LogP contribution in [0.3, 0.4) is 0 Å². The van der Waals surface area contributed by atoms with Crippen LogP contribution in [0, 0.1) is 0 Å². The van der Waals surface area contributed by atoms with Crippen molar-refractivity contribution in [1.29, 1.82) is 0 Å². The summed E-state index contributed by atoms with van der Waals surface area (Å²) in [6.07, 6.45) is 1.98. The summed E-state index contributed by atoms with van der Waals surface area (Å²) in [5.74, 6) is -0.238. The van der Waals surface area contributed by atoms with Crippen molar-refractivity contribution >= 4 is 23.7 Å². The van der Waals surface area contributed by atoms with Crippen molar-refractivity contribution < 1.29 is 23.8 Å². The molecule has 0 heterocycles. The van der Waals surface area contributed by atoms with Crippen molar-refractivity contribution in [1.82, 2.24) is 0 Å². The second-order valence-corrected chi connectivity index (χ2v) is 5.35. The Labute approximate surface area is 138 Å². The van der Waals surface area contributed by atoms with Gasteiger partial charge < -0.3 is 14.2 Å². The molecule has 120 valence electrons. The molecule has 0 aromatic heterocycles. The van der Waals surface area contributed by atoms with E-state index >= 15 is 0 Å². The molecule has 2 rings (SSSR count). The fourth-order valence-electron chi connectivity index (χ4n) is 1.90. The van der Waals surface area contributed by atoms with Gasteiger partial charge in [0.2, 0.25) is 0 Å². The first-order valence-electron chi connectivity index (χ1n) is 6.71. The molecule has 2 aromatic rings. The van der Waals surface area contributed by atoms with Gasteiger partial charge in [-0.1, -0.05) is 0 Å². The Balaban J connectivity index is 2.35. The zero-order valence-electron chi connectivity index (χ0n) is 13.0. The first kappa shape index (κ1) is 16.9. The Morgan fingerprint density at radius 2 is 1.57 bits per heavy atom. The molecular formula is C17H16O5S. The first-order chi connectivity index (χ1) is 11.1. The SMILES string of the molecule is COC(=O)c1ccc(Oc2ccc(SC)cc2)c(C(=O)OC)c1. The maximum absolute atomic E-state index is 11.9. The van der Waals surface area contributed by atoms with Gasteiger partial charge in [0.1, 0.15) is 17.1 Å². The number of carbonyl (C=O) groups excluding carboxylic acids is 2. The highest BCUT2D eigenvalue weighted by Gasteiger charge is 2.17. The number of methoxy groups -OCH3 is 2. The van der Waals surface area contributed by atoms with Crippen molar-refractivity contribution in [2.75, 3.05) is 20.5 Å². The molecule has 0 radical (unpaired) electrons. The molecule has 2 aromatic carbocycles. The summed E-state index contributed by atoms with van der Waals surface area (Å²) < 4.78 is 15.1. The molecule has 0 aliphatic carbocycles. The molecule has 0 bridgehead atoms. The molecule has 0 amide bonds. The van der Waals surface area contributed by atoms with E-state index in [-0.39, 0.29) is 11.1 Å². The number of ether oxygens (including phenoxy) is 3. The third-order valence-corrected chi connectivity index (χ3v) is 3.84. The lowest BCUT2D eigenvalue weighted by molar-refractivity contribution is 0.0597. The summed E-state index contributed by atoms with van der Waals surface area (Å²) in [6, 6.07) is 11.9. The molecule has 0 aliphatic rings. The van der Waals surface area contributed by atoms with Crippen LogP contribution in [0.5, 0.6) is 11.5 Å². The van der Waals surface area contributed by atoms with Crippen LogP contribution in [0.2, 0.25) is 0 Å². The largest absolute Gasteiger partial charge is 0.465 e. The van der Waals surface area contributed by atoms with Crippen LogP contribution in [0.1, 0.15) is 20.7 Å². The lowest BCUT2D eigenvalue weighted by atomic mass is 10.1. The predicted molar refractivity (Wildman–Crippen MR) is 87.4 cm³/mol. The van der Waals surface area contributed by atoms with E-state index in [1.165, 1.54) is 26.4 Å². The summed E-state index contributed by atoms with van der Waals surface area (Å²) in [5.41, 5.74) is 0.405. The number of esters is 2. The van der Waals surface area contributed by atoms with E-state index in [0.29, 0.717) is 11.5 Å². The summed E-state index contributed by atoms with van der Waals surface area (Å²) in [5, 5.41) is 0. The zero-order valence-corrected chi connectivity index (χ0v) is 13.8. The van der Waals surface area contributed by atoms with E-state index in [9.17, 15) is 9.59 Å². The fraction of sp³-hybridized carbons (Fsp3) is 0.176. The monoisotopic (exact) mass is 332 g/mol. The summed E-state index contributed by atoms with van der Waals surface area (Å²) in [6.45, 7) is 0. The van der Waals surface area contributed by atoms with Crippen LogP contribution in [0.15, 0.2) is 47.4 Å². The first-order valence-corrected chi connectivity index (χ1v) is 7.94. The predicted octanol–water partition coefficient (Wildman–Crippen LogP) is 3.77. The topological polar surface area (TPSA) is 61.8 Å². The molecule has 0 aliphatic heterocycles. The smallest absolute Gasteiger partial charge is 0.341 e. The maximum Gasteiger partial charge on any atom is 0.341 e. The van der Waals surface area contributed by atoms with E-state index in [2.05, 4.69) is 4.74 Å². The molecule has 0 fully saturated rings. The summed E-state index contributed by atoms with van der Waals surface area (Å²) in [4.78, 5) is 24.6. The van der Waals surface area contributed by atoms with E-state index in [4.69, 9.17) is 9.47 Å². The lowest BCUT2D eigenvalue weighted by Crippen LogP contribution is -2.08. The van der Waals surface area contributed by atoms with E-state index in [1.807, 2.05) is 18.4 Å². The number of rotatable bonds is 5. The zero-order chi connectivity index (χ0) is 16.8. The fourth-order valence-corrected chi connectivity index (χ4v) is 2.31. The Hall–Kier alpha value is -2.47. The van der Waals surface area contributed by atoms with Crippen molar-refractivity contribution in [3.63, 3.8) is 0 Å². The summed E-state index contributed by atoms with van der Waals surface area (Å²) >= 11 is 1.62. The van der Waals surface area contributed by atoms with E-state index in [0.717, 1.165) is 4.90 Å². The van der Waals surface area contributed by atoms with Crippen LogP contribution in [0.25, 0.3) is 0 Å². The second kappa shape index (κ2) is 7.69. The Bertz CT molecular complexity index is 709. The van der Waals surface area contributed by atoms with Crippen LogP contribution in [0.4, 0.5) is 0 Å². The van der Waals surface area contributed by atoms with Crippen molar-refractivity contribution in [2.45, 2.75) is 4.90 Å². The third-order valence-electron chi connectivity index (χ3n) is 3.09. The van der Waals surface area contributed by atoms with Gasteiger partial charge in [0.15, 0.2) is 0 Å². The number of benzene rings is 2. The molecule has 0 N–H and O–H groups in total. The van der Waals surface area contributed by atoms with E-state index in [1.54, 1.807) is 30.0 Å². The minimum absolute atomic E-state index is 0.157. The Kier molecular flexibility index (Phi) is 5.65. The van der Waals surface area contributed by atoms with Crippen molar-refractivity contribution in [3.05, 3.63) is 53.6 Å². The molecule has 5 nitrogen and oxygen atoms in total. The normalized spacial score (nSPS) is 10.0. The summed E-state index contributed by atoms with van der Waals surface area (Å²) in [7, 11) is 2.54. The van der Waals surface area contributed by atoms with Gasteiger partial charge in [-0.05, 0) is 48.7 Å². The van der Waals surface area contributed by atoms with Gasteiger partial charge in [0, 0.05) is 4.90 Å². The minimum atomic E-state index is -0.591. The van der Waals surface area contributed by atoms with Crippen molar-refractivity contribution in [3.8, 4) is 11.5 Å². The van der Waals surface area contributed by atoms with Crippen LogP contribution < -0.4 is 4.74 Å². The highest BCUT2D eigenvalue weighted by Crippen LogP contribution is 2.28. The highest BCUT2D eigenvalue weighted by atomic mass is 32.2. The quantitative estimate of drug-likeness (QED) is 0.613. The average Bonchev–Trinajstić information content (AvgIpc) is 2.61. The number of thioether (sulfide) groups is 1. The van der Waals surface area contributed by atoms with Gasteiger partial charge in [-0.3, -0.25) is 0 Å². The van der Waals surface area contributed by atoms with Crippen LogP contribution in [-0.4, -0.2) is 32.4 Å². The van der Waals surface area contributed by atoms with Gasteiger partial charge in [-0.15, -0.1) is 11.8 Å². The number of hydrogen-bond donors (Lipinski definition) is 0. The standard InChI is InChI=1S/C17H16O5S/c1-20-16(18)11-4-9-15(14(10-11)17(19)21-2)22-12-5-7-13(23-3)8-6-12/h4-10H,1-3H3. The molecule has 0 saturated heterocycles. The molecule has 6 heteroatoms. The number of carbonyl (C=O) groups is 2. The van der Waals surface area contributed by atoms with Crippen LogP contribution >= 0.6 is 11.8 Å². The Morgan fingerprint density at radius 1 is 0.913 bits per heavy atom.